The van der Waals surface area contributed by atoms with Crippen molar-refractivity contribution in [2.75, 3.05) is 12.3 Å². The molecule has 4 rings (SSSR count). The minimum Gasteiger partial charge on any atom is -0.355 e. The quantitative estimate of drug-likeness (QED) is 0.346. The van der Waals surface area contributed by atoms with E-state index in [0.717, 1.165) is 22.7 Å². The Kier molecular flexibility index (Phi) is 7.66. The molecule has 0 fully saturated rings. The van der Waals surface area contributed by atoms with Gasteiger partial charge in [-0.25, -0.2) is 0 Å². The molecule has 0 saturated carbocycles. The predicted octanol–water partition coefficient (Wildman–Crippen LogP) is 5.57. The van der Waals surface area contributed by atoms with Crippen molar-refractivity contribution in [2.24, 2.45) is 0 Å². The van der Waals surface area contributed by atoms with E-state index in [1.54, 1.807) is 0 Å². The number of nitrogens with one attached hydrogen (secondary N) is 1. The third kappa shape index (κ3) is 6.05. The minimum absolute atomic E-state index is 0.00353. The Morgan fingerprint density at radius 1 is 0.750 bits per heavy atom. The van der Waals surface area contributed by atoms with Crippen molar-refractivity contribution in [1.29, 1.82) is 0 Å². The summed E-state index contributed by atoms with van der Waals surface area (Å²) in [5.74, 6) is 0.575. The number of aromatic nitrogens is 2. The van der Waals surface area contributed by atoms with E-state index in [-0.39, 0.29) is 11.8 Å². The SMILES string of the molecule is O=C(CSc1ccc(-c2ccccc2)nn1)NCCC(c1ccccc1)c1ccccc1. The Morgan fingerprint density at radius 3 is 1.91 bits per heavy atom. The fraction of sp³-hybridized carbons (Fsp3) is 0.148. The van der Waals surface area contributed by atoms with Crippen molar-refractivity contribution in [2.45, 2.75) is 17.4 Å². The maximum Gasteiger partial charge on any atom is 0.230 e. The highest BCUT2D eigenvalue weighted by Crippen LogP contribution is 2.27. The number of rotatable bonds is 9. The van der Waals surface area contributed by atoms with Crippen LogP contribution in [0.1, 0.15) is 23.5 Å². The van der Waals surface area contributed by atoms with E-state index in [1.165, 1.54) is 22.9 Å². The third-order valence-electron chi connectivity index (χ3n) is 5.22. The van der Waals surface area contributed by atoms with Gasteiger partial charge in [0.2, 0.25) is 5.91 Å². The first kappa shape index (κ1) is 21.8. The van der Waals surface area contributed by atoms with Gasteiger partial charge in [-0.15, -0.1) is 10.2 Å². The van der Waals surface area contributed by atoms with E-state index in [1.807, 2.05) is 54.6 Å². The van der Waals surface area contributed by atoms with Gasteiger partial charge in [0.25, 0.3) is 0 Å². The summed E-state index contributed by atoms with van der Waals surface area (Å²) in [6.07, 6.45) is 0.843. The maximum atomic E-state index is 12.4. The minimum atomic E-state index is 0.00353. The van der Waals surface area contributed by atoms with Crippen molar-refractivity contribution in [1.82, 2.24) is 15.5 Å². The molecule has 1 amide bonds. The van der Waals surface area contributed by atoms with Crippen LogP contribution >= 0.6 is 11.8 Å². The van der Waals surface area contributed by atoms with Crippen LogP contribution in [-0.4, -0.2) is 28.4 Å². The average molecular weight is 440 g/mol. The molecule has 3 aromatic carbocycles. The lowest BCUT2D eigenvalue weighted by Gasteiger charge is -2.18. The molecule has 0 aliphatic heterocycles. The Labute approximate surface area is 193 Å². The summed E-state index contributed by atoms with van der Waals surface area (Å²) < 4.78 is 0. The van der Waals surface area contributed by atoms with Gasteiger partial charge in [0, 0.05) is 18.0 Å². The molecule has 4 aromatic rings. The number of carbonyl (C=O) groups is 1. The Hall–Kier alpha value is -3.44. The number of nitrogens with zero attached hydrogens (tertiary/aromatic N) is 2. The molecule has 0 aliphatic carbocycles. The first-order chi connectivity index (χ1) is 15.8. The first-order valence-corrected chi connectivity index (χ1v) is 11.7. The topological polar surface area (TPSA) is 54.9 Å². The van der Waals surface area contributed by atoms with Gasteiger partial charge >= 0.3 is 0 Å². The number of carbonyl (C=O) groups excluding carboxylic acids is 1. The lowest BCUT2D eigenvalue weighted by atomic mass is 9.88. The summed E-state index contributed by atoms with van der Waals surface area (Å²) >= 11 is 1.40. The second kappa shape index (κ2) is 11.3. The lowest BCUT2D eigenvalue weighted by molar-refractivity contribution is -0.118. The third-order valence-corrected chi connectivity index (χ3v) is 6.14. The van der Waals surface area contributed by atoms with E-state index in [0.29, 0.717) is 12.3 Å². The summed E-state index contributed by atoms with van der Waals surface area (Å²) in [5, 5.41) is 12.3. The number of amides is 1. The number of benzene rings is 3. The van der Waals surface area contributed by atoms with Crippen LogP contribution in [0.4, 0.5) is 0 Å². The highest BCUT2D eigenvalue weighted by molar-refractivity contribution is 7.99. The highest BCUT2D eigenvalue weighted by Gasteiger charge is 2.14. The molecule has 0 saturated heterocycles. The van der Waals surface area contributed by atoms with Gasteiger partial charge in [0.1, 0.15) is 5.03 Å². The van der Waals surface area contributed by atoms with Gasteiger partial charge in [-0.1, -0.05) is 103 Å². The summed E-state index contributed by atoms with van der Waals surface area (Å²) in [5.41, 5.74) is 4.38. The molecule has 0 atom stereocenters. The fourth-order valence-corrected chi connectivity index (χ4v) is 4.25. The Morgan fingerprint density at radius 2 is 1.34 bits per heavy atom. The van der Waals surface area contributed by atoms with Crippen LogP contribution in [0.25, 0.3) is 11.3 Å². The lowest BCUT2D eigenvalue weighted by Crippen LogP contribution is -2.27. The van der Waals surface area contributed by atoms with Gasteiger partial charge in [-0.2, -0.15) is 0 Å². The normalized spacial score (nSPS) is 10.8. The van der Waals surface area contributed by atoms with Gasteiger partial charge in [0.05, 0.1) is 11.4 Å². The average Bonchev–Trinajstić information content (AvgIpc) is 2.87. The Balaban J connectivity index is 1.28. The molecular weight excluding hydrogens is 414 g/mol. The number of hydrogen-bond donors (Lipinski definition) is 1. The second-order valence-electron chi connectivity index (χ2n) is 7.42. The van der Waals surface area contributed by atoms with Crippen LogP contribution in [0.15, 0.2) is 108 Å². The van der Waals surface area contributed by atoms with Crippen LogP contribution in [0.5, 0.6) is 0 Å². The van der Waals surface area contributed by atoms with Crippen LogP contribution < -0.4 is 5.32 Å². The fourth-order valence-electron chi connectivity index (χ4n) is 3.60. The molecule has 32 heavy (non-hydrogen) atoms. The molecule has 5 heteroatoms. The number of hydrogen-bond acceptors (Lipinski definition) is 4. The molecule has 1 heterocycles. The van der Waals surface area contributed by atoms with Crippen molar-refractivity contribution in [3.63, 3.8) is 0 Å². The zero-order valence-corrected chi connectivity index (χ0v) is 18.5. The van der Waals surface area contributed by atoms with E-state index < -0.39 is 0 Å². The van der Waals surface area contributed by atoms with Gasteiger partial charge in [0.15, 0.2) is 0 Å². The molecule has 4 nitrogen and oxygen atoms in total. The van der Waals surface area contributed by atoms with Gasteiger partial charge in [-0.05, 0) is 29.7 Å². The van der Waals surface area contributed by atoms with E-state index in [4.69, 9.17) is 0 Å². The molecule has 0 aliphatic rings. The number of thioether (sulfide) groups is 1. The molecular formula is C27H25N3OS. The second-order valence-corrected chi connectivity index (χ2v) is 8.42. The maximum absolute atomic E-state index is 12.4. The van der Waals surface area contributed by atoms with Crippen molar-refractivity contribution in [3.8, 4) is 11.3 Å². The van der Waals surface area contributed by atoms with E-state index in [2.05, 4.69) is 64.0 Å². The van der Waals surface area contributed by atoms with Gasteiger partial charge in [-0.3, -0.25) is 4.79 Å². The van der Waals surface area contributed by atoms with Crippen LogP contribution in [-0.2, 0) is 4.79 Å². The van der Waals surface area contributed by atoms with Crippen molar-refractivity contribution < 1.29 is 4.79 Å². The van der Waals surface area contributed by atoms with Crippen molar-refractivity contribution >= 4 is 17.7 Å². The van der Waals surface area contributed by atoms with E-state index in [9.17, 15) is 4.79 Å². The van der Waals surface area contributed by atoms with Crippen molar-refractivity contribution in [3.05, 3.63) is 114 Å². The molecule has 0 spiro atoms. The van der Waals surface area contributed by atoms with Crippen LogP contribution in [0, 0.1) is 0 Å². The standard InChI is InChI=1S/C27H25N3OS/c31-26(20-32-27-17-16-25(29-30-27)23-14-8-3-9-15-23)28-19-18-24(21-10-4-1-5-11-21)22-12-6-2-7-13-22/h1-17,24H,18-20H2,(H,28,31). The molecule has 1 N–H and O–H groups in total. The first-order valence-electron chi connectivity index (χ1n) is 10.7. The monoisotopic (exact) mass is 439 g/mol. The summed E-state index contributed by atoms with van der Waals surface area (Å²) in [4.78, 5) is 12.4. The molecule has 160 valence electrons. The smallest absolute Gasteiger partial charge is 0.230 e. The molecule has 1 aromatic heterocycles. The largest absolute Gasteiger partial charge is 0.355 e. The molecule has 0 unspecified atom stereocenters. The van der Waals surface area contributed by atoms with Gasteiger partial charge < -0.3 is 5.32 Å². The zero-order chi connectivity index (χ0) is 22.0. The van der Waals surface area contributed by atoms with Crippen LogP contribution in [0.3, 0.4) is 0 Å². The van der Waals surface area contributed by atoms with E-state index >= 15 is 0 Å². The predicted molar refractivity (Wildman–Crippen MR) is 131 cm³/mol. The highest BCUT2D eigenvalue weighted by atomic mass is 32.2. The molecule has 0 bridgehead atoms. The zero-order valence-electron chi connectivity index (χ0n) is 17.7. The Bertz CT molecular complexity index is 1060. The summed E-state index contributed by atoms with van der Waals surface area (Å²) in [7, 11) is 0. The van der Waals surface area contributed by atoms with Crippen LogP contribution in [0.2, 0.25) is 0 Å². The summed E-state index contributed by atoms with van der Waals surface area (Å²) in [6.45, 7) is 0.618. The summed E-state index contributed by atoms with van der Waals surface area (Å²) in [6, 6.07) is 34.7. The molecule has 0 radical (unpaired) electrons.